The van der Waals surface area contributed by atoms with Gasteiger partial charge in [0.2, 0.25) is 5.91 Å². The van der Waals surface area contributed by atoms with Crippen molar-refractivity contribution in [1.82, 2.24) is 15.5 Å². The molecule has 6 aliphatic rings. The minimum Gasteiger partial charge on any atom is -0.481 e. The van der Waals surface area contributed by atoms with Gasteiger partial charge in [-0.15, -0.1) is 11.8 Å². The fourth-order valence-electron chi connectivity index (χ4n) is 10.1. The summed E-state index contributed by atoms with van der Waals surface area (Å²) >= 11 is 1.07. The number of thioether (sulfide) groups is 1. The molecule has 20 nitrogen and oxygen atoms in total. The number of nitrogens with zero attached hydrogens (tertiary/aromatic N) is 5. The molecule has 9 amide bonds. The Morgan fingerprint density at radius 1 is 0.538 bits per heavy atom. The number of benzene rings is 4. The number of urea groups is 2. The molecule has 0 radical (unpaired) electrons. The van der Waals surface area contributed by atoms with Crippen molar-refractivity contribution in [3.63, 3.8) is 0 Å². The highest BCUT2D eigenvalue weighted by molar-refractivity contribution is 8.00. The van der Waals surface area contributed by atoms with Crippen LogP contribution in [0.3, 0.4) is 0 Å². The van der Waals surface area contributed by atoms with Gasteiger partial charge < -0.3 is 46.0 Å². The number of aliphatic carboxylic acids is 1. The molecular formula is C56H60FN9O11S. The van der Waals surface area contributed by atoms with Crippen LogP contribution < -0.4 is 40.9 Å². The Hall–Kier alpha value is -8.14. The van der Waals surface area contributed by atoms with Crippen molar-refractivity contribution in [2.75, 3.05) is 68.7 Å². The number of likely N-dealkylation sites (tertiary alicyclic amines) is 1. The predicted octanol–water partition coefficient (Wildman–Crippen LogP) is 6.34. The highest BCUT2D eigenvalue weighted by Crippen LogP contribution is 2.40. The van der Waals surface area contributed by atoms with Gasteiger partial charge in [0.25, 0.3) is 23.6 Å². The van der Waals surface area contributed by atoms with E-state index in [9.17, 15) is 52.3 Å². The average molecular weight is 1090 g/mol. The molecule has 1 atom stereocenters. The molecule has 10 rings (SSSR count). The Morgan fingerprint density at radius 3 is 1.55 bits per heavy atom. The number of hydrogen-bond acceptors (Lipinski definition) is 11. The number of para-hydroxylation sites is 4. The fourth-order valence-corrected chi connectivity index (χ4v) is 10.8. The largest absolute Gasteiger partial charge is 0.481 e. The first-order chi connectivity index (χ1) is 37.6. The van der Waals surface area contributed by atoms with Crippen LogP contribution in [-0.4, -0.2) is 126 Å². The van der Waals surface area contributed by atoms with Gasteiger partial charge in [0.15, 0.2) is 23.7 Å². The maximum absolute atomic E-state index is 14.0. The normalized spacial score (nSPS) is 18.7. The zero-order valence-corrected chi connectivity index (χ0v) is 43.5. The summed E-state index contributed by atoms with van der Waals surface area (Å²) in [5.41, 5.74) is 2.33. The molecular weight excluding hydrogens is 1030 g/mol. The van der Waals surface area contributed by atoms with Gasteiger partial charge in [-0.2, -0.15) is 0 Å². The van der Waals surface area contributed by atoms with Crippen molar-refractivity contribution in [2.24, 2.45) is 11.8 Å². The van der Waals surface area contributed by atoms with E-state index in [2.05, 4.69) is 21.3 Å². The number of carbonyl (C=O) groups is 10. The summed E-state index contributed by atoms with van der Waals surface area (Å²) in [7, 11) is 0. The lowest BCUT2D eigenvalue weighted by atomic mass is 9.93. The monoisotopic (exact) mass is 1090 g/mol. The third-order valence-corrected chi connectivity index (χ3v) is 15.4. The third kappa shape index (κ3) is 13.2. The Labute approximate surface area is 453 Å². The molecule has 0 bridgehead atoms. The molecule has 4 aromatic carbocycles. The van der Waals surface area contributed by atoms with Crippen LogP contribution in [-0.2, 0) is 38.4 Å². The van der Waals surface area contributed by atoms with Crippen molar-refractivity contribution in [3.8, 4) is 0 Å². The summed E-state index contributed by atoms with van der Waals surface area (Å²) in [4.78, 5) is 139. The lowest BCUT2D eigenvalue weighted by Gasteiger charge is -2.35. The number of rotatable bonds is 16. The molecule has 22 heteroatoms. The second kappa shape index (κ2) is 24.5. The van der Waals surface area contributed by atoms with E-state index in [1.54, 1.807) is 76.5 Å². The number of amides is 9. The molecule has 3 aliphatic heterocycles. The number of carbonyl (C=O) groups excluding carboxylic acids is 9. The molecule has 3 aliphatic carbocycles. The standard InChI is InChI=1S/C28H32FN5O4.C28H28N4O7S/c29-19-12-14-20(15-13-19)30-28(38)31-25-26(36)33(18-24(35)32-16-6-7-17-32)22-10-4-5-11-23(22)34(27(25)37)21-8-2-1-3-9-21;33-22(16-8-9-16)13-31-20-6-1-2-7-21(20)32(14-23(34)17-10-11-17)27(38)25(26(31)37)30-28(39)29-18-4-3-5-19(12-18)40-15-24(35)36/h4-5,10-15,21,25H,1-3,6-9,16-18H2,(H2,30,31,38);1-7,12,16-17,25H,8-11,13-15H2,(H,35,36)(H2,29,30,39)/t25-;/m0./s1. The number of carboxylic acid groups (broad SMARTS) is 1. The van der Waals surface area contributed by atoms with Crippen LogP contribution in [0.5, 0.6) is 0 Å². The van der Waals surface area contributed by atoms with E-state index in [4.69, 9.17) is 5.11 Å². The van der Waals surface area contributed by atoms with Crippen molar-refractivity contribution in [2.45, 2.75) is 93.7 Å². The first-order valence-corrected chi connectivity index (χ1v) is 27.3. The lowest BCUT2D eigenvalue weighted by Crippen LogP contribution is -2.58. The second-order valence-corrected chi connectivity index (χ2v) is 21.1. The summed E-state index contributed by atoms with van der Waals surface area (Å²) < 4.78 is 13.3. The number of ketones is 2. The molecule has 1 saturated heterocycles. The van der Waals surface area contributed by atoms with Crippen molar-refractivity contribution in [3.05, 3.63) is 103 Å². The molecule has 78 heavy (non-hydrogen) atoms. The number of Topliss-reactive ketones (excluding diaryl/α,β-unsaturated/α-hetero) is 2. The van der Waals surface area contributed by atoms with Crippen LogP contribution in [0, 0.1) is 17.7 Å². The molecule has 5 N–H and O–H groups in total. The van der Waals surface area contributed by atoms with Crippen LogP contribution in [0.15, 0.2) is 102 Å². The van der Waals surface area contributed by atoms with Gasteiger partial charge in [-0.1, -0.05) is 49.6 Å². The number of carboxylic acids is 1. The summed E-state index contributed by atoms with van der Waals surface area (Å²) in [6, 6.07) is 20.4. The molecule has 3 heterocycles. The van der Waals surface area contributed by atoms with Crippen molar-refractivity contribution >= 4 is 105 Å². The first-order valence-electron chi connectivity index (χ1n) is 26.3. The minimum absolute atomic E-state index is 0.121. The molecule has 4 aromatic rings. The highest BCUT2D eigenvalue weighted by atomic mass is 32.2. The highest BCUT2D eigenvalue weighted by Gasteiger charge is 2.46. The van der Waals surface area contributed by atoms with Crippen LogP contribution in [0.1, 0.15) is 70.6 Å². The zero-order valence-electron chi connectivity index (χ0n) is 42.7. The zero-order chi connectivity index (χ0) is 55.0. The molecule has 3 saturated carbocycles. The first kappa shape index (κ1) is 54.6. The van der Waals surface area contributed by atoms with Gasteiger partial charge in [0.1, 0.15) is 12.4 Å². The molecule has 0 unspecified atom stereocenters. The van der Waals surface area contributed by atoms with E-state index < -0.39 is 59.6 Å². The van der Waals surface area contributed by atoms with E-state index >= 15 is 0 Å². The quantitative estimate of drug-likeness (QED) is 0.0609. The second-order valence-electron chi connectivity index (χ2n) is 20.1. The summed E-state index contributed by atoms with van der Waals surface area (Å²) in [6.07, 6.45) is 9.40. The van der Waals surface area contributed by atoms with Gasteiger partial charge in [-0.3, -0.25) is 43.3 Å². The van der Waals surface area contributed by atoms with Crippen LogP contribution in [0.2, 0.25) is 0 Å². The molecule has 4 fully saturated rings. The Morgan fingerprint density at radius 2 is 1.03 bits per heavy atom. The Balaban J connectivity index is 0.000000190. The van der Waals surface area contributed by atoms with Crippen LogP contribution in [0.4, 0.5) is 48.1 Å². The topological polar surface area (TPSA) is 255 Å². The predicted molar refractivity (Wildman–Crippen MR) is 289 cm³/mol. The van der Waals surface area contributed by atoms with Crippen molar-refractivity contribution < 1.29 is 57.4 Å². The average Bonchev–Trinajstić information content (AvgIpc) is 4.51. The van der Waals surface area contributed by atoms with E-state index in [0.29, 0.717) is 52.1 Å². The smallest absolute Gasteiger partial charge is 0.320 e. The Kier molecular flexibility index (Phi) is 17.1. The van der Waals surface area contributed by atoms with E-state index in [1.165, 1.54) is 39.0 Å². The summed E-state index contributed by atoms with van der Waals surface area (Å²) in [5.74, 6) is -5.05. The SMILES string of the molecule is O=C(Nc1ccc(F)cc1)N[C@H]1C(=O)N(CC(=O)N2CCCC2)c2ccccc2N(C2CCCCC2)C1=O.O=C(O)CSc1cccc(NC(=O)NC2C(=O)N(CC(=O)C3CC3)c3ccccc3N(CC(=O)C3CC3)C2=O)c1. The third-order valence-electron chi connectivity index (χ3n) is 14.4. The van der Waals surface area contributed by atoms with Gasteiger partial charge in [0, 0.05) is 47.2 Å². The maximum Gasteiger partial charge on any atom is 0.320 e. The number of anilines is 6. The Bertz CT molecular complexity index is 2930. The van der Waals surface area contributed by atoms with Gasteiger partial charge in [-0.05, 0) is 118 Å². The van der Waals surface area contributed by atoms with Gasteiger partial charge in [-0.25, -0.2) is 14.0 Å². The molecule has 0 spiro atoms. The molecule has 0 aromatic heterocycles. The minimum atomic E-state index is -1.68. The maximum atomic E-state index is 14.0. The molecule has 408 valence electrons. The van der Waals surface area contributed by atoms with Crippen LogP contribution in [0.25, 0.3) is 0 Å². The summed E-state index contributed by atoms with van der Waals surface area (Å²) in [6.45, 7) is 0.551. The fraction of sp³-hybridized carbons (Fsp3) is 0.393. The lowest BCUT2D eigenvalue weighted by molar-refractivity contribution is -0.134. The number of halogens is 1. The number of fused-ring (bicyclic) bond motifs is 2. The van der Waals surface area contributed by atoms with E-state index in [0.717, 1.165) is 82.4 Å². The van der Waals surface area contributed by atoms with Gasteiger partial charge in [0.05, 0.1) is 41.6 Å². The van der Waals surface area contributed by atoms with Crippen LogP contribution >= 0.6 is 11.8 Å². The van der Waals surface area contributed by atoms with Crippen molar-refractivity contribution in [1.29, 1.82) is 0 Å². The van der Waals surface area contributed by atoms with E-state index in [-0.39, 0.29) is 60.7 Å². The number of hydrogen-bond donors (Lipinski definition) is 5. The van der Waals surface area contributed by atoms with E-state index in [1.807, 2.05) is 6.07 Å². The van der Waals surface area contributed by atoms with Gasteiger partial charge >= 0.3 is 18.0 Å². The summed E-state index contributed by atoms with van der Waals surface area (Å²) in [5, 5.41) is 19.1. The number of nitrogens with one attached hydrogen (secondary N) is 4.